The van der Waals surface area contributed by atoms with Gasteiger partial charge in [-0.2, -0.15) is 0 Å². The largest absolute Gasteiger partial charge is 0.336 e. The molecule has 114 valence electrons. The van der Waals surface area contributed by atoms with E-state index in [2.05, 4.69) is 30.3 Å². The molecular weight excluding hydrogens is 294 g/mol. The number of halogens is 1. The van der Waals surface area contributed by atoms with Gasteiger partial charge in [-0.05, 0) is 42.5 Å². The van der Waals surface area contributed by atoms with Gasteiger partial charge in [-0.15, -0.1) is 0 Å². The summed E-state index contributed by atoms with van der Waals surface area (Å²) in [5, 5.41) is 0.730. The lowest BCUT2D eigenvalue weighted by molar-refractivity contribution is -0.129. The number of nitrogens with zero attached hydrogens (tertiary/aromatic N) is 1. The molecular formula is C19H20ClNO. The molecule has 3 rings (SSSR count). The Labute approximate surface area is 136 Å². The zero-order valence-corrected chi connectivity index (χ0v) is 13.3. The third-order valence-corrected chi connectivity index (χ3v) is 4.50. The lowest BCUT2D eigenvalue weighted by atomic mass is 9.97. The SMILES string of the molecule is O=C1CCCN1C(CCc1ccccc1)c1cccc(Cl)c1. The maximum atomic E-state index is 12.2. The number of rotatable bonds is 5. The van der Waals surface area contributed by atoms with Crippen LogP contribution in [0.25, 0.3) is 0 Å². The van der Waals surface area contributed by atoms with E-state index in [1.807, 2.05) is 29.2 Å². The molecule has 1 amide bonds. The fourth-order valence-corrected chi connectivity index (χ4v) is 3.36. The van der Waals surface area contributed by atoms with Gasteiger partial charge in [0.2, 0.25) is 5.91 Å². The average Bonchev–Trinajstić information content (AvgIpc) is 2.95. The Morgan fingerprint density at radius 2 is 1.91 bits per heavy atom. The van der Waals surface area contributed by atoms with Gasteiger partial charge in [-0.1, -0.05) is 54.1 Å². The first-order valence-corrected chi connectivity index (χ1v) is 8.21. The molecule has 1 saturated heterocycles. The molecule has 22 heavy (non-hydrogen) atoms. The topological polar surface area (TPSA) is 20.3 Å². The van der Waals surface area contributed by atoms with Crippen LogP contribution < -0.4 is 0 Å². The molecule has 1 heterocycles. The van der Waals surface area contributed by atoms with E-state index in [-0.39, 0.29) is 11.9 Å². The quantitative estimate of drug-likeness (QED) is 0.787. The molecule has 1 atom stereocenters. The molecule has 2 aromatic rings. The predicted molar refractivity (Wildman–Crippen MR) is 89.9 cm³/mol. The van der Waals surface area contributed by atoms with Crippen LogP contribution in [0.3, 0.4) is 0 Å². The number of likely N-dealkylation sites (tertiary alicyclic amines) is 1. The van der Waals surface area contributed by atoms with E-state index in [4.69, 9.17) is 11.6 Å². The number of aryl methyl sites for hydroxylation is 1. The summed E-state index contributed by atoms with van der Waals surface area (Å²) in [5.41, 5.74) is 2.44. The molecule has 0 spiro atoms. The van der Waals surface area contributed by atoms with E-state index >= 15 is 0 Å². The van der Waals surface area contributed by atoms with Crippen LogP contribution in [0.15, 0.2) is 54.6 Å². The number of benzene rings is 2. The summed E-state index contributed by atoms with van der Waals surface area (Å²) in [7, 11) is 0. The van der Waals surface area contributed by atoms with Crippen molar-refractivity contribution in [2.45, 2.75) is 31.7 Å². The van der Waals surface area contributed by atoms with Gasteiger partial charge in [0.25, 0.3) is 0 Å². The summed E-state index contributed by atoms with van der Waals surface area (Å²) in [6, 6.07) is 18.5. The van der Waals surface area contributed by atoms with E-state index in [9.17, 15) is 4.79 Å². The van der Waals surface area contributed by atoms with Crippen LogP contribution in [0.2, 0.25) is 5.02 Å². The summed E-state index contributed by atoms with van der Waals surface area (Å²) >= 11 is 6.15. The second-order valence-electron chi connectivity index (χ2n) is 5.79. The molecule has 0 saturated carbocycles. The fourth-order valence-electron chi connectivity index (χ4n) is 3.16. The monoisotopic (exact) mass is 313 g/mol. The van der Waals surface area contributed by atoms with Gasteiger partial charge in [0, 0.05) is 18.0 Å². The Balaban J connectivity index is 1.81. The number of carbonyl (C=O) groups is 1. The molecule has 2 aromatic carbocycles. The van der Waals surface area contributed by atoms with Crippen molar-refractivity contribution in [2.24, 2.45) is 0 Å². The van der Waals surface area contributed by atoms with Gasteiger partial charge in [0.1, 0.15) is 0 Å². The second-order valence-corrected chi connectivity index (χ2v) is 6.22. The smallest absolute Gasteiger partial charge is 0.223 e. The zero-order chi connectivity index (χ0) is 15.4. The van der Waals surface area contributed by atoms with Crippen molar-refractivity contribution in [3.63, 3.8) is 0 Å². The van der Waals surface area contributed by atoms with E-state index in [1.54, 1.807) is 0 Å². The van der Waals surface area contributed by atoms with Crippen molar-refractivity contribution in [1.82, 2.24) is 4.90 Å². The van der Waals surface area contributed by atoms with Gasteiger partial charge < -0.3 is 4.90 Å². The van der Waals surface area contributed by atoms with Crippen LogP contribution in [-0.2, 0) is 11.2 Å². The van der Waals surface area contributed by atoms with E-state index < -0.39 is 0 Å². The van der Waals surface area contributed by atoms with Crippen molar-refractivity contribution in [2.75, 3.05) is 6.54 Å². The summed E-state index contributed by atoms with van der Waals surface area (Å²) < 4.78 is 0. The summed E-state index contributed by atoms with van der Waals surface area (Å²) in [4.78, 5) is 14.2. The van der Waals surface area contributed by atoms with Crippen LogP contribution in [0, 0.1) is 0 Å². The Bertz CT molecular complexity index is 641. The molecule has 0 aromatic heterocycles. The van der Waals surface area contributed by atoms with Crippen LogP contribution in [0.1, 0.15) is 36.4 Å². The highest BCUT2D eigenvalue weighted by Gasteiger charge is 2.28. The zero-order valence-electron chi connectivity index (χ0n) is 12.5. The van der Waals surface area contributed by atoms with Crippen molar-refractivity contribution < 1.29 is 4.79 Å². The van der Waals surface area contributed by atoms with Gasteiger partial charge in [-0.25, -0.2) is 0 Å². The van der Waals surface area contributed by atoms with E-state index in [0.29, 0.717) is 6.42 Å². The van der Waals surface area contributed by atoms with E-state index in [1.165, 1.54) is 5.56 Å². The standard InChI is InChI=1S/C19H20ClNO/c20-17-9-4-8-16(14-17)18(21-13-5-10-19(21)22)12-11-15-6-2-1-3-7-15/h1-4,6-9,14,18H,5,10-13H2. The van der Waals surface area contributed by atoms with Gasteiger partial charge in [-0.3, -0.25) is 4.79 Å². The number of hydrogen-bond acceptors (Lipinski definition) is 1. The third-order valence-electron chi connectivity index (χ3n) is 4.27. The minimum Gasteiger partial charge on any atom is -0.336 e. The van der Waals surface area contributed by atoms with Crippen LogP contribution in [-0.4, -0.2) is 17.4 Å². The first kappa shape index (κ1) is 15.1. The normalized spacial score (nSPS) is 16.0. The van der Waals surface area contributed by atoms with Crippen LogP contribution in [0.4, 0.5) is 0 Å². The molecule has 3 heteroatoms. The summed E-state index contributed by atoms with van der Waals surface area (Å²) in [5.74, 6) is 0.262. The Kier molecular flexibility index (Phi) is 4.79. The molecule has 2 nitrogen and oxygen atoms in total. The highest BCUT2D eigenvalue weighted by Crippen LogP contribution is 2.31. The number of hydrogen-bond donors (Lipinski definition) is 0. The maximum absolute atomic E-state index is 12.2. The molecule has 1 unspecified atom stereocenters. The lowest BCUT2D eigenvalue weighted by Crippen LogP contribution is -2.30. The fraction of sp³-hybridized carbons (Fsp3) is 0.316. The van der Waals surface area contributed by atoms with Gasteiger partial charge in [0.05, 0.1) is 6.04 Å². The van der Waals surface area contributed by atoms with Crippen molar-refractivity contribution in [3.8, 4) is 0 Å². The molecule has 1 fully saturated rings. The molecule has 0 aliphatic carbocycles. The highest BCUT2D eigenvalue weighted by molar-refractivity contribution is 6.30. The molecule has 0 bridgehead atoms. The summed E-state index contributed by atoms with van der Waals surface area (Å²) in [6.07, 6.45) is 3.52. The minimum absolute atomic E-state index is 0.119. The first-order chi connectivity index (χ1) is 10.7. The van der Waals surface area contributed by atoms with Gasteiger partial charge in [0.15, 0.2) is 0 Å². The van der Waals surface area contributed by atoms with E-state index in [0.717, 1.165) is 36.4 Å². The molecule has 1 aliphatic rings. The summed E-state index contributed by atoms with van der Waals surface area (Å²) in [6.45, 7) is 0.852. The average molecular weight is 314 g/mol. The predicted octanol–water partition coefficient (Wildman–Crippen LogP) is 4.64. The molecule has 0 N–H and O–H groups in total. The Morgan fingerprint density at radius 1 is 1.09 bits per heavy atom. The maximum Gasteiger partial charge on any atom is 0.223 e. The van der Waals surface area contributed by atoms with Crippen molar-refractivity contribution in [3.05, 3.63) is 70.7 Å². The number of carbonyl (C=O) groups excluding carboxylic acids is 1. The number of amides is 1. The Morgan fingerprint density at radius 3 is 2.59 bits per heavy atom. The van der Waals surface area contributed by atoms with Gasteiger partial charge >= 0.3 is 0 Å². The van der Waals surface area contributed by atoms with Crippen molar-refractivity contribution >= 4 is 17.5 Å². The van der Waals surface area contributed by atoms with Crippen LogP contribution in [0.5, 0.6) is 0 Å². The van der Waals surface area contributed by atoms with Crippen molar-refractivity contribution in [1.29, 1.82) is 0 Å². The first-order valence-electron chi connectivity index (χ1n) is 7.83. The lowest BCUT2D eigenvalue weighted by Gasteiger charge is -2.28. The second kappa shape index (κ2) is 6.97. The molecule has 1 aliphatic heterocycles. The highest BCUT2D eigenvalue weighted by atomic mass is 35.5. The van der Waals surface area contributed by atoms with Crippen LogP contribution >= 0.6 is 11.6 Å². The minimum atomic E-state index is 0.119. The molecule has 0 radical (unpaired) electrons. The third kappa shape index (κ3) is 3.50. The Hall–Kier alpha value is -1.80.